The van der Waals surface area contributed by atoms with Gasteiger partial charge < -0.3 is 14.6 Å². The molecule has 1 aliphatic heterocycles. The van der Waals surface area contributed by atoms with Gasteiger partial charge in [-0.2, -0.15) is 0 Å². The number of nitrogens with zero attached hydrogens (tertiary/aromatic N) is 1. The van der Waals surface area contributed by atoms with Gasteiger partial charge in [-0.05, 0) is 42.1 Å². The predicted octanol–water partition coefficient (Wildman–Crippen LogP) is 3.24. The Labute approximate surface area is 138 Å². The number of rotatable bonds is 2. The Morgan fingerprint density at radius 2 is 2.00 bits per heavy atom. The van der Waals surface area contributed by atoms with E-state index < -0.39 is 0 Å². The maximum absolute atomic E-state index is 12.3. The summed E-state index contributed by atoms with van der Waals surface area (Å²) >= 11 is 1.58. The molecule has 23 heavy (non-hydrogen) atoms. The van der Waals surface area contributed by atoms with Crippen molar-refractivity contribution in [1.82, 2.24) is 5.32 Å². The Bertz CT molecular complexity index is 907. The lowest BCUT2D eigenvalue weighted by atomic mass is 10.1. The van der Waals surface area contributed by atoms with Crippen molar-refractivity contribution < 1.29 is 4.42 Å². The number of benzene rings is 1. The maximum Gasteiger partial charge on any atom is 0.345 e. The van der Waals surface area contributed by atoms with Crippen LogP contribution in [0.4, 0.5) is 5.69 Å². The van der Waals surface area contributed by atoms with E-state index in [2.05, 4.69) is 16.3 Å². The molecular formula is C18H18N2O2S. The normalized spacial score (nSPS) is 15.3. The number of fused-ring (bicyclic) bond motifs is 1. The lowest BCUT2D eigenvalue weighted by Gasteiger charge is -2.29. The highest BCUT2D eigenvalue weighted by atomic mass is 32.1. The smallest absolute Gasteiger partial charge is 0.345 e. The highest BCUT2D eigenvalue weighted by Gasteiger charge is 2.13. The van der Waals surface area contributed by atoms with Gasteiger partial charge in [0.05, 0.1) is 5.56 Å². The molecule has 1 aliphatic rings. The van der Waals surface area contributed by atoms with Crippen LogP contribution in [-0.4, -0.2) is 26.2 Å². The molecule has 0 radical (unpaired) electrons. The fourth-order valence-electron chi connectivity index (χ4n) is 2.96. The van der Waals surface area contributed by atoms with Crippen LogP contribution < -0.4 is 15.8 Å². The summed E-state index contributed by atoms with van der Waals surface area (Å²) in [6.07, 6.45) is 0. The summed E-state index contributed by atoms with van der Waals surface area (Å²) in [6.45, 7) is 5.95. The summed E-state index contributed by atoms with van der Waals surface area (Å²) in [4.78, 5) is 15.6. The lowest BCUT2D eigenvalue weighted by Crippen LogP contribution is -2.43. The molecule has 0 amide bonds. The highest BCUT2D eigenvalue weighted by molar-refractivity contribution is 7.13. The third-order valence-corrected chi connectivity index (χ3v) is 5.28. The zero-order chi connectivity index (χ0) is 15.8. The zero-order valence-corrected chi connectivity index (χ0v) is 13.8. The summed E-state index contributed by atoms with van der Waals surface area (Å²) in [6, 6.07) is 10.1. The van der Waals surface area contributed by atoms with Gasteiger partial charge in [0.25, 0.3) is 0 Å². The Kier molecular flexibility index (Phi) is 3.67. The second-order valence-electron chi connectivity index (χ2n) is 5.90. The van der Waals surface area contributed by atoms with Crippen LogP contribution in [0.2, 0.25) is 0 Å². The van der Waals surface area contributed by atoms with E-state index >= 15 is 0 Å². The van der Waals surface area contributed by atoms with Crippen LogP contribution in [0.5, 0.6) is 0 Å². The molecule has 1 saturated heterocycles. The molecule has 4 nitrogen and oxygen atoms in total. The fourth-order valence-corrected chi connectivity index (χ4v) is 3.87. The number of hydrogen-bond donors (Lipinski definition) is 1. The molecule has 1 fully saturated rings. The summed E-state index contributed by atoms with van der Waals surface area (Å²) in [5.74, 6) is 0. The Morgan fingerprint density at radius 1 is 1.17 bits per heavy atom. The van der Waals surface area contributed by atoms with Crippen molar-refractivity contribution >= 4 is 28.0 Å². The molecule has 2 aromatic heterocycles. The molecule has 0 atom stereocenters. The molecule has 0 saturated carbocycles. The van der Waals surface area contributed by atoms with Gasteiger partial charge in [0, 0.05) is 48.2 Å². The lowest BCUT2D eigenvalue weighted by molar-refractivity contribution is 0.562. The summed E-state index contributed by atoms with van der Waals surface area (Å²) < 4.78 is 5.60. The summed E-state index contributed by atoms with van der Waals surface area (Å²) in [5.41, 5.74) is 3.31. The Hall–Kier alpha value is -2.11. The van der Waals surface area contributed by atoms with E-state index in [1.807, 2.05) is 36.6 Å². The molecule has 0 unspecified atom stereocenters. The van der Waals surface area contributed by atoms with Crippen molar-refractivity contribution in [2.75, 3.05) is 31.1 Å². The quantitative estimate of drug-likeness (QED) is 0.734. The van der Waals surface area contributed by atoms with E-state index in [4.69, 9.17) is 4.42 Å². The monoisotopic (exact) mass is 326 g/mol. The van der Waals surface area contributed by atoms with Gasteiger partial charge in [-0.15, -0.1) is 11.3 Å². The van der Waals surface area contributed by atoms with Gasteiger partial charge in [-0.25, -0.2) is 4.79 Å². The molecular weight excluding hydrogens is 308 g/mol. The van der Waals surface area contributed by atoms with Crippen molar-refractivity contribution in [2.45, 2.75) is 6.92 Å². The van der Waals surface area contributed by atoms with E-state index in [-0.39, 0.29) is 5.63 Å². The molecule has 0 aliphatic carbocycles. The minimum absolute atomic E-state index is 0.267. The van der Waals surface area contributed by atoms with Gasteiger partial charge >= 0.3 is 5.63 Å². The topological polar surface area (TPSA) is 45.5 Å². The third kappa shape index (κ3) is 2.78. The van der Waals surface area contributed by atoms with E-state index in [1.54, 1.807) is 11.3 Å². The van der Waals surface area contributed by atoms with Crippen molar-refractivity contribution in [3.63, 3.8) is 0 Å². The van der Waals surface area contributed by atoms with Gasteiger partial charge in [0.2, 0.25) is 0 Å². The number of anilines is 1. The van der Waals surface area contributed by atoms with Crippen molar-refractivity contribution in [1.29, 1.82) is 0 Å². The molecule has 3 heterocycles. The first-order chi connectivity index (χ1) is 11.2. The summed E-state index contributed by atoms with van der Waals surface area (Å²) in [5, 5.41) is 6.36. The largest absolute Gasteiger partial charge is 0.422 e. The predicted molar refractivity (Wildman–Crippen MR) is 95.6 cm³/mol. The van der Waals surface area contributed by atoms with Crippen molar-refractivity contribution in [2.24, 2.45) is 0 Å². The molecule has 1 aromatic carbocycles. The molecule has 0 bridgehead atoms. The number of piperazine rings is 1. The van der Waals surface area contributed by atoms with Gasteiger partial charge in [-0.1, -0.05) is 0 Å². The molecule has 5 heteroatoms. The standard InChI is InChI=1S/C18H18N2O2S/c1-12-8-17(23-11-12)15-9-13-2-3-14(10-16(13)22-18(15)21)20-6-4-19-5-7-20/h2-3,8-11,19H,4-7H2,1H3. The first-order valence-electron chi connectivity index (χ1n) is 7.80. The fraction of sp³-hybridized carbons (Fsp3) is 0.278. The van der Waals surface area contributed by atoms with Crippen LogP contribution in [0.3, 0.4) is 0 Å². The van der Waals surface area contributed by atoms with Crippen LogP contribution in [-0.2, 0) is 0 Å². The van der Waals surface area contributed by atoms with Crippen LogP contribution in [0.15, 0.2) is 44.9 Å². The average molecular weight is 326 g/mol. The van der Waals surface area contributed by atoms with Crippen LogP contribution in [0.25, 0.3) is 21.4 Å². The van der Waals surface area contributed by atoms with Crippen LogP contribution >= 0.6 is 11.3 Å². The zero-order valence-electron chi connectivity index (χ0n) is 13.0. The van der Waals surface area contributed by atoms with E-state index in [0.29, 0.717) is 11.1 Å². The minimum atomic E-state index is -0.267. The van der Waals surface area contributed by atoms with Gasteiger partial charge in [-0.3, -0.25) is 0 Å². The number of hydrogen-bond acceptors (Lipinski definition) is 5. The number of thiophene rings is 1. The minimum Gasteiger partial charge on any atom is -0.422 e. The highest BCUT2D eigenvalue weighted by Crippen LogP contribution is 2.28. The van der Waals surface area contributed by atoms with E-state index in [1.165, 1.54) is 5.56 Å². The van der Waals surface area contributed by atoms with Crippen LogP contribution in [0.1, 0.15) is 5.56 Å². The van der Waals surface area contributed by atoms with E-state index in [0.717, 1.165) is 42.1 Å². The molecule has 1 N–H and O–H groups in total. The van der Waals surface area contributed by atoms with Crippen molar-refractivity contribution in [3.05, 3.63) is 51.7 Å². The molecule has 0 spiro atoms. The second-order valence-corrected chi connectivity index (χ2v) is 6.81. The Morgan fingerprint density at radius 3 is 2.74 bits per heavy atom. The molecule has 3 aromatic rings. The SMILES string of the molecule is Cc1csc(-c2cc3ccc(N4CCNCC4)cc3oc2=O)c1. The van der Waals surface area contributed by atoms with Gasteiger partial charge in [0.1, 0.15) is 5.58 Å². The van der Waals surface area contributed by atoms with E-state index in [9.17, 15) is 4.79 Å². The molecule has 118 valence electrons. The number of aryl methyl sites for hydroxylation is 1. The van der Waals surface area contributed by atoms with Crippen molar-refractivity contribution in [3.8, 4) is 10.4 Å². The van der Waals surface area contributed by atoms with Crippen LogP contribution in [0, 0.1) is 6.92 Å². The first kappa shape index (κ1) is 14.5. The van der Waals surface area contributed by atoms with Gasteiger partial charge in [0.15, 0.2) is 0 Å². The third-order valence-electron chi connectivity index (χ3n) is 4.20. The second kappa shape index (κ2) is 5.83. The average Bonchev–Trinajstić information content (AvgIpc) is 3.01. The Balaban J connectivity index is 1.77. The summed E-state index contributed by atoms with van der Waals surface area (Å²) in [7, 11) is 0. The first-order valence-corrected chi connectivity index (χ1v) is 8.68. The maximum atomic E-state index is 12.3. The molecule has 4 rings (SSSR count). The number of nitrogens with one attached hydrogen (secondary N) is 1.